The molecule has 0 saturated heterocycles. The van der Waals surface area contributed by atoms with Crippen molar-refractivity contribution in [2.75, 3.05) is 45.2 Å². The van der Waals surface area contributed by atoms with Crippen LogP contribution < -0.4 is 16.0 Å². The second kappa shape index (κ2) is 12.1. The molecule has 0 aliphatic carbocycles. The summed E-state index contributed by atoms with van der Waals surface area (Å²) in [7, 11) is 1.59. The average molecular weight is 461 g/mol. The predicted octanol–water partition coefficient (Wildman–Crippen LogP) is 2.33. The highest BCUT2D eigenvalue weighted by atomic mass is 127. The number of aliphatic imine (C=N–C) groups is 1. The van der Waals surface area contributed by atoms with Crippen molar-refractivity contribution >= 4 is 35.8 Å². The Kier molecular flexibility index (Phi) is 11.5. The van der Waals surface area contributed by atoms with Crippen molar-refractivity contribution in [2.45, 2.75) is 13.1 Å². The van der Waals surface area contributed by atoms with Crippen LogP contribution in [0.3, 0.4) is 0 Å². The molecule has 0 atom stereocenters. The molecule has 138 valence electrons. The first-order valence-corrected chi connectivity index (χ1v) is 7.26. The molecule has 0 aliphatic rings. The molecule has 0 saturated carbocycles. The number of anilines is 1. The summed E-state index contributed by atoms with van der Waals surface area (Å²) in [6.45, 7) is 4.27. The van der Waals surface area contributed by atoms with E-state index in [1.165, 1.54) is 12.3 Å². The zero-order valence-corrected chi connectivity index (χ0v) is 15.9. The van der Waals surface area contributed by atoms with Gasteiger partial charge in [0.1, 0.15) is 5.82 Å². The van der Waals surface area contributed by atoms with Crippen molar-refractivity contribution in [3.63, 3.8) is 0 Å². The van der Waals surface area contributed by atoms with E-state index in [9.17, 15) is 13.2 Å². The number of nitrogens with zero attached hydrogens (tertiary/aromatic N) is 2. The Bertz CT molecular complexity index is 500. The minimum atomic E-state index is -4.43. The fourth-order valence-electron chi connectivity index (χ4n) is 1.73. The summed E-state index contributed by atoms with van der Waals surface area (Å²) in [4.78, 5) is 7.99. The van der Waals surface area contributed by atoms with Crippen molar-refractivity contribution < 1.29 is 17.9 Å². The fraction of sp³-hybridized carbons (Fsp3) is 0.571. The van der Waals surface area contributed by atoms with Gasteiger partial charge < -0.3 is 20.7 Å². The quantitative estimate of drug-likeness (QED) is 0.240. The average Bonchev–Trinajstić information content (AvgIpc) is 2.51. The number of hydrogen-bond donors (Lipinski definition) is 3. The van der Waals surface area contributed by atoms with Gasteiger partial charge in [0.05, 0.1) is 18.7 Å². The van der Waals surface area contributed by atoms with Crippen LogP contribution in [0, 0.1) is 0 Å². The molecular formula is C14H23F3IN5O. The highest BCUT2D eigenvalue weighted by Crippen LogP contribution is 2.33. The Morgan fingerprint density at radius 1 is 1.29 bits per heavy atom. The molecule has 1 aromatic heterocycles. The minimum absolute atomic E-state index is 0. The van der Waals surface area contributed by atoms with Crippen LogP contribution in [-0.2, 0) is 10.9 Å². The molecule has 1 rings (SSSR count). The molecule has 6 nitrogen and oxygen atoms in total. The monoisotopic (exact) mass is 461 g/mol. The lowest BCUT2D eigenvalue weighted by Gasteiger charge is -2.14. The van der Waals surface area contributed by atoms with Gasteiger partial charge in [0.2, 0.25) is 0 Å². The number of methoxy groups -OCH3 is 1. The maximum atomic E-state index is 12.8. The van der Waals surface area contributed by atoms with Crippen LogP contribution >= 0.6 is 24.0 Å². The molecule has 0 bridgehead atoms. The Labute approximate surface area is 156 Å². The van der Waals surface area contributed by atoms with Crippen LogP contribution in [0.2, 0.25) is 0 Å². The maximum absolute atomic E-state index is 12.8. The van der Waals surface area contributed by atoms with Gasteiger partial charge in [-0.1, -0.05) is 0 Å². The smallest absolute Gasteiger partial charge is 0.383 e. The highest BCUT2D eigenvalue weighted by molar-refractivity contribution is 14.0. The van der Waals surface area contributed by atoms with Crippen LogP contribution in [0.5, 0.6) is 0 Å². The fourth-order valence-corrected chi connectivity index (χ4v) is 1.73. The number of halogens is 4. The van der Waals surface area contributed by atoms with Gasteiger partial charge in [-0.05, 0) is 19.1 Å². The number of guanidine groups is 1. The first-order valence-electron chi connectivity index (χ1n) is 7.26. The standard InChI is InChI=1S/C14H22F3N5O.HI/c1-3-18-13(22-9-10-23-2)21-8-7-20-12-11(14(15,16)17)5-4-6-19-12;/h4-6H,3,7-10H2,1-2H3,(H,19,20)(H2,18,21,22);1H. The van der Waals surface area contributed by atoms with Crippen LogP contribution in [0.15, 0.2) is 23.3 Å². The maximum Gasteiger partial charge on any atom is 0.419 e. The first kappa shape index (κ1) is 22.7. The molecule has 0 aliphatic heterocycles. The molecule has 3 N–H and O–H groups in total. The molecule has 1 heterocycles. The van der Waals surface area contributed by atoms with E-state index in [0.29, 0.717) is 32.2 Å². The second-order valence-corrected chi connectivity index (χ2v) is 4.50. The van der Waals surface area contributed by atoms with Crippen LogP contribution in [0.4, 0.5) is 19.0 Å². The Morgan fingerprint density at radius 3 is 2.67 bits per heavy atom. The third-order valence-electron chi connectivity index (χ3n) is 2.73. The van der Waals surface area contributed by atoms with E-state index in [1.807, 2.05) is 6.92 Å². The van der Waals surface area contributed by atoms with Gasteiger partial charge >= 0.3 is 6.18 Å². The topological polar surface area (TPSA) is 70.6 Å². The minimum Gasteiger partial charge on any atom is -0.383 e. The Hall–Kier alpha value is -1.30. The van der Waals surface area contributed by atoms with Crippen molar-refractivity contribution in [1.29, 1.82) is 0 Å². The van der Waals surface area contributed by atoms with E-state index in [2.05, 4.69) is 25.9 Å². The SMILES string of the molecule is CCNC(=NCCOC)NCCNc1ncccc1C(F)(F)F.I. The van der Waals surface area contributed by atoms with E-state index in [0.717, 1.165) is 6.07 Å². The van der Waals surface area contributed by atoms with E-state index < -0.39 is 11.7 Å². The van der Waals surface area contributed by atoms with Gasteiger partial charge in [-0.3, -0.25) is 4.99 Å². The third-order valence-corrected chi connectivity index (χ3v) is 2.73. The molecule has 0 amide bonds. The normalized spacial score (nSPS) is 11.6. The largest absolute Gasteiger partial charge is 0.419 e. The molecule has 0 fully saturated rings. The highest BCUT2D eigenvalue weighted by Gasteiger charge is 2.33. The summed E-state index contributed by atoms with van der Waals surface area (Å²) in [6.07, 6.45) is -3.11. The Balaban J connectivity index is 0.00000529. The zero-order chi connectivity index (χ0) is 17.1. The number of aromatic nitrogens is 1. The van der Waals surface area contributed by atoms with Crippen LogP contribution in [0.25, 0.3) is 0 Å². The van der Waals surface area contributed by atoms with Gasteiger partial charge in [-0.2, -0.15) is 13.2 Å². The number of ether oxygens (including phenoxy) is 1. The number of pyridine rings is 1. The molecule has 0 spiro atoms. The number of rotatable bonds is 8. The van der Waals surface area contributed by atoms with Crippen molar-refractivity contribution in [2.24, 2.45) is 4.99 Å². The van der Waals surface area contributed by atoms with Gasteiger partial charge in [-0.15, -0.1) is 24.0 Å². The molecule has 24 heavy (non-hydrogen) atoms. The molecule has 1 aromatic rings. The number of alkyl halides is 3. The Morgan fingerprint density at radius 2 is 2.04 bits per heavy atom. The summed E-state index contributed by atoms with van der Waals surface area (Å²) in [6, 6.07) is 2.26. The molecular weight excluding hydrogens is 438 g/mol. The van der Waals surface area contributed by atoms with Gasteiger partial charge in [-0.25, -0.2) is 4.98 Å². The molecule has 0 unspecified atom stereocenters. The van der Waals surface area contributed by atoms with Crippen LogP contribution in [-0.4, -0.2) is 50.8 Å². The summed E-state index contributed by atoms with van der Waals surface area (Å²) >= 11 is 0. The first-order chi connectivity index (χ1) is 11.0. The molecule has 10 heteroatoms. The van der Waals surface area contributed by atoms with Crippen molar-refractivity contribution in [1.82, 2.24) is 15.6 Å². The predicted molar refractivity (Wildman–Crippen MR) is 99.0 cm³/mol. The summed E-state index contributed by atoms with van der Waals surface area (Å²) in [5.74, 6) is 0.409. The van der Waals surface area contributed by atoms with Gasteiger partial charge in [0.15, 0.2) is 5.96 Å². The lowest BCUT2D eigenvalue weighted by molar-refractivity contribution is -0.137. The lowest BCUT2D eigenvalue weighted by Crippen LogP contribution is -2.39. The lowest BCUT2D eigenvalue weighted by atomic mass is 10.2. The number of hydrogen-bond acceptors (Lipinski definition) is 4. The van der Waals surface area contributed by atoms with Gasteiger partial charge in [0, 0.05) is 32.9 Å². The number of nitrogens with one attached hydrogen (secondary N) is 3. The molecule has 0 aromatic carbocycles. The van der Waals surface area contributed by atoms with Gasteiger partial charge in [0.25, 0.3) is 0 Å². The summed E-state index contributed by atoms with van der Waals surface area (Å²) in [5.41, 5.74) is -0.777. The molecule has 0 radical (unpaired) electrons. The summed E-state index contributed by atoms with van der Waals surface area (Å²) < 4.78 is 43.4. The van der Waals surface area contributed by atoms with E-state index in [1.54, 1.807) is 7.11 Å². The second-order valence-electron chi connectivity index (χ2n) is 4.50. The zero-order valence-electron chi connectivity index (χ0n) is 13.6. The van der Waals surface area contributed by atoms with Crippen LogP contribution in [0.1, 0.15) is 12.5 Å². The van der Waals surface area contributed by atoms with E-state index in [-0.39, 0.29) is 36.3 Å². The van der Waals surface area contributed by atoms with E-state index >= 15 is 0 Å². The summed E-state index contributed by atoms with van der Waals surface area (Å²) in [5, 5.41) is 8.74. The van der Waals surface area contributed by atoms with Crippen molar-refractivity contribution in [3.8, 4) is 0 Å². The van der Waals surface area contributed by atoms with Crippen molar-refractivity contribution in [3.05, 3.63) is 23.9 Å². The third kappa shape index (κ3) is 8.52. The van der Waals surface area contributed by atoms with E-state index in [4.69, 9.17) is 4.74 Å².